The zero-order valence-corrected chi connectivity index (χ0v) is 14.4. The average molecular weight is 346 g/mol. The van der Waals surface area contributed by atoms with Crippen LogP contribution in [0.1, 0.15) is 12.1 Å². The lowest BCUT2D eigenvalue weighted by Gasteiger charge is -2.22. The lowest BCUT2D eigenvalue weighted by molar-refractivity contribution is 0.387. The third kappa shape index (κ3) is 2.71. The van der Waals surface area contributed by atoms with Crippen molar-refractivity contribution in [1.29, 1.82) is 0 Å². The van der Waals surface area contributed by atoms with E-state index >= 15 is 0 Å². The van der Waals surface area contributed by atoms with Gasteiger partial charge in [0, 0.05) is 38.3 Å². The molecule has 122 valence electrons. The van der Waals surface area contributed by atoms with Gasteiger partial charge < -0.3 is 5.32 Å². The van der Waals surface area contributed by atoms with Crippen LogP contribution in [-0.4, -0.2) is 53.7 Å². The number of likely N-dealkylation sites (N-methyl/N-ethyl adjacent to an activating group) is 1. The molecule has 2 aromatic heterocycles. The Hall–Kier alpha value is -1.22. The van der Waals surface area contributed by atoms with Gasteiger partial charge >= 0.3 is 0 Å². The number of halogens is 1. The lowest BCUT2D eigenvalue weighted by Crippen LogP contribution is -2.38. The molecule has 0 amide bonds. The molecule has 0 aliphatic carbocycles. The second-order valence-electron chi connectivity index (χ2n) is 5.42. The minimum absolute atomic E-state index is 0. The molecule has 9 heteroatoms. The van der Waals surface area contributed by atoms with Gasteiger partial charge in [0.2, 0.25) is 10.0 Å². The van der Waals surface area contributed by atoms with E-state index in [2.05, 4.69) is 15.4 Å². The lowest BCUT2D eigenvalue weighted by atomic mass is 10.3. The summed E-state index contributed by atoms with van der Waals surface area (Å²) in [6, 6.07) is 1.67. The summed E-state index contributed by atoms with van der Waals surface area (Å²) < 4.78 is 28.5. The van der Waals surface area contributed by atoms with Crippen LogP contribution in [0.5, 0.6) is 0 Å². The second-order valence-corrected chi connectivity index (χ2v) is 7.42. The van der Waals surface area contributed by atoms with Crippen LogP contribution in [-0.2, 0) is 17.1 Å². The molecule has 1 saturated heterocycles. The fourth-order valence-electron chi connectivity index (χ4n) is 2.74. The van der Waals surface area contributed by atoms with Crippen LogP contribution in [0.2, 0.25) is 0 Å². The molecular formula is C13H20ClN5O2S. The van der Waals surface area contributed by atoms with E-state index in [0.717, 1.165) is 24.0 Å². The number of fused-ring (bicyclic) bond motifs is 1. The van der Waals surface area contributed by atoms with Crippen LogP contribution in [0, 0.1) is 6.92 Å². The Labute approximate surface area is 136 Å². The van der Waals surface area contributed by atoms with Gasteiger partial charge in [0.1, 0.15) is 4.90 Å². The van der Waals surface area contributed by atoms with Crippen molar-refractivity contribution in [3.63, 3.8) is 0 Å². The van der Waals surface area contributed by atoms with Crippen molar-refractivity contribution in [2.24, 2.45) is 7.05 Å². The third-order valence-electron chi connectivity index (χ3n) is 4.06. The van der Waals surface area contributed by atoms with Crippen LogP contribution in [0.15, 0.2) is 17.2 Å². The first-order chi connectivity index (χ1) is 9.91. The molecule has 1 unspecified atom stereocenters. The standard InChI is InChI=1S/C13H19N5O2S.ClH/c1-9-12-6-11(8-15-13(12)17(2)16-9)21(19,20)18(3)10-4-5-14-7-10;/h6,8,10,14H,4-5,7H2,1-3H3;1H. The van der Waals surface area contributed by atoms with E-state index in [9.17, 15) is 8.42 Å². The monoisotopic (exact) mass is 345 g/mol. The van der Waals surface area contributed by atoms with Crippen LogP contribution < -0.4 is 5.32 Å². The van der Waals surface area contributed by atoms with E-state index in [1.807, 2.05) is 6.92 Å². The van der Waals surface area contributed by atoms with Crippen LogP contribution in [0.4, 0.5) is 0 Å². The fraction of sp³-hybridized carbons (Fsp3) is 0.538. The van der Waals surface area contributed by atoms with Crippen LogP contribution in [0.25, 0.3) is 11.0 Å². The van der Waals surface area contributed by atoms with Gasteiger partial charge in [0.15, 0.2) is 5.65 Å². The number of hydrogen-bond donors (Lipinski definition) is 1. The largest absolute Gasteiger partial charge is 0.315 e. The smallest absolute Gasteiger partial charge is 0.244 e. The molecule has 7 nitrogen and oxygen atoms in total. The summed E-state index contributed by atoms with van der Waals surface area (Å²) in [6.45, 7) is 3.39. The van der Waals surface area contributed by atoms with E-state index < -0.39 is 10.0 Å². The highest BCUT2D eigenvalue weighted by molar-refractivity contribution is 7.89. The summed E-state index contributed by atoms with van der Waals surface area (Å²) in [5.74, 6) is 0. The Morgan fingerprint density at radius 3 is 2.82 bits per heavy atom. The maximum Gasteiger partial charge on any atom is 0.244 e. The zero-order valence-electron chi connectivity index (χ0n) is 12.8. The summed E-state index contributed by atoms with van der Waals surface area (Å²) in [5, 5.41) is 8.23. The Bertz CT molecular complexity index is 783. The number of hydrogen-bond acceptors (Lipinski definition) is 5. The van der Waals surface area contributed by atoms with Gasteiger partial charge in [-0.25, -0.2) is 13.4 Å². The first kappa shape index (κ1) is 17.1. The molecule has 0 bridgehead atoms. The molecule has 3 rings (SSSR count). The van der Waals surface area contributed by atoms with Gasteiger partial charge in [0.25, 0.3) is 0 Å². The maximum absolute atomic E-state index is 12.7. The van der Waals surface area contributed by atoms with Gasteiger partial charge in [-0.1, -0.05) is 0 Å². The molecule has 3 heterocycles. The van der Waals surface area contributed by atoms with Crippen molar-refractivity contribution in [2.45, 2.75) is 24.3 Å². The molecule has 0 spiro atoms. The molecule has 2 aromatic rings. The van der Waals surface area contributed by atoms with Crippen LogP contribution >= 0.6 is 12.4 Å². The van der Waals surface area contributed by atoms with Crippen molar-refractivity contribution in [3.8, 4) is 0 Å². The fourth-order valence-corrected chi connectivity index (χ4v) is 4.10. The van der Waals surface area contributed by atoms with Crippen molar-refractivity contribution in [3.05, 3.63) is 18.0 Å². The average Bonchev–Trinajstić information content (AvgIpc) is 3.07. The number of nitrogens with zero attached hydrogens (tertiary/aromatic N) is 4. The van der Waals surface area contributed by atoms with Crippen LogP contribution in [0.3, 0.4) is 0 Å². The highest BCUT2D eigenvalue weighted by Crippen LogP contribution is 2.23. The van der Waals surface area contributed by atoms with Gasteiger partial charge in [-0.15, -0.1) is 12.4 Å². The first-order valence-electron chi connectivity index (χ1n) is 6.89. The van der Waals surface area contributed by atoms with Gasteiger partial charge in [0.05, 0.1) is 5.69 Å². The molecule has 1 aliphatic heterocycles. The highest BCUT2D eigenvalue weighted by atomic mass is 35.5. The van der Waals surface area contributed by atoms with Crippen molar-refractivity contribution in [2.75, 3.05) is 20.1 Å². The van der Waals surface area contributed by atoms with E-state index in [1.165, 1.54) is 10.5 Å². The topological polar surface area (TPSA) is 80.1 Å². The number of aromatic nitrogens is 3. The predicted octanol–water partition coefficient (Wildman–Crippen LogP) is 0.681. The highest BCUT2D eigenvalue weighted by Gasteiger charge is 2.30. The number of rotatable bonds is 3. The molecule has 0 aromatic carbocycles. The quantitative estimate of drug-likeness (QED) is 0.885. The SMILES string of the molecule is Cc1nn(C)c2ncc(S(=O)(=O)N(C)C3CCNC3)cc12.Cl. The molecule has 1 N–H and O–H groups in total. The summed E-state index contributed by atoms with van der Waals surface area (Å²) >= 11 is 0. The minimum Gasteiger partial charge on any atom is -0.315 e. The molecular weight excluding hydrogens is 326 g/mol. The van der Waals surface area contributed by atoms with E-state index in [4.69, 9.17) is 0 Å². The molecule has 1 atom stereocenters. The van der Waals surface area contributed by atoms with E-state index in [1.54, 1.807) is 24.8 Å². The number of sulfonamides is 1. The summed E-state index contributed by atoms with van der Waals surface area (Å²) in [4.78, 5) is 4.48. The number of aryl methyl sites for hydroxylation is 2. The van der Waals surface area contributed by atoms with Gasteiger partial charge in [-0.3, -0.25) is 4.68 Å². The number of nitrogens with one attached hydrogen (secondary N) is 1. The Balaban J connectivity index is 0.00000176. The minimum atomic E-state index is -3.53. The normalized spacial score (nSPS) is 18.8. The molecule has 0 radical (unpaired) electrons. The molecule has 22 heavy (non-hydrogen) atoms. The first-order valence-corrected chi connectivity index (χ1v) is 8.33. The Morgan fingerprint density at radius 1 is 1.45 bits per heavy atom. The Kier molecular flexibility index (Phi) is 4.76. The molecule has 1 fully saturated rings. The maximum atomic E-state index is 12.7. The van der Waals surface area contributed by atoms with Crippen molar-refractivity contribution >= 4 is 33.5 Å². The summed E-state index contributed by atoms with van der Waals surface area (Å²) in [5.41, 5.74) is 1.47. The zero-order chi connectivity index (χ0) is 15.2. The van der Waals surface area contributed by atoms with Crippen molar-refractivity contribution in [1.82, 2.24) is 24.4 Å². The second kappa shape index (κ2) is 6.11. The van der Waals surface area contributed by atoms with Gasteiger partial charge in [-0.05, 0) is 26.0 Å². The third-order valence-corrected chi connectivity index (χ3v) is 5.94. The van der Waals surface area contributed by atoms with Crippen molar-refractivity contribution < 1.29 is 8.42 Å². The van der Waals surface area contributed by atoms with E-state index in [-0.39, 0.29) is 23.3 Å². The summed E-state index contributed by atoms with van der Waals surface area (Å²) in [7, 11) is -0.0969. The van der Waals surface area contributed by atoms with Gasteiger partial charge in [-0.2, -0.15) is 9.40 Å². The predicted molar refractivity (Wildman–Crippen MR) is 86.7 cm³/mol. The Morgan fingerprint density at radius 2 is 2.18 bits per heavy atom. The molecule has 0 saturated carbocycles. The number of pyridine rings is 1. The molecule has 1 aliphatic rings. The van der Waals surface area contributed by atoms with E-state index in [0.29, 0.717) is 12.2 Å². The summed E-state index contributed by atoms with van der Waals surface area (Å²) in [6.07, 6.45) is 2.25.